The quantitative estimate of drug-likeness (QED) is 0.568. The van der Waals surface area contributed by atoms with Gasteiger partial charge in [-0.3, -0.25) is 4.99 Å². The fraction of sp³-hybridized carbons (Fsp3) is 0.632. The summed E-state index contributed by atoms with van der Waals surface area (Å²) in [6, 6.07) is 4.50. The number of benzene rings is 1. The number of unbranched alkanes of at least 4 members (excludes halogenated alkanes) is 1. The van der Waals surface area contributed by atoms with Crippen LogP contribution >= 0.6 is 0 Å². The Morgan fingerprint density at radius 1 is 1.33 bits per heavy atom. The average Bonchev–Trinajstić information content (AvgIpc) is 2.44. The van der Waals surface area contributed by atoms with Crippen molar-refractivity contribution in [1.82, 2.24) is 0 Å². The zero-order chi connectivity index (χ0) is 15.2. The lowest BCUT2D eigenvalue weighted by Crippen LogP contribution is -2.24. The summed E-state index contributed by atoms with van der Waals surface area (Å²) in [6.45, 7) is 8.84. The first kappa shape index (κ1) is 16.1. The van der Waals surface area contributed by atoms with Gasteiger partial charge >= 0.3 is 0 Å². The van der Waals surface area contributed by atoms with Gasteiger partial charge in [0.25, 0.3) is 0 Å². The van der Waals surface area contributed by atoms with Crippen LogP contribution in [0.4, 0.5) is 5.69 Å². The molecule has 1 aromatic carbocycles. The van der Waals surface area contributed by atoms with Gasteiger partial charge in [-0.1, -0.05) is 33.3 Å². The summed E-state index contributed by atoms with van der Waals surface area (Å²) in [4.78, 5) is 4.68. The second-order valence-corrected chi connectivity index (χ2v) is 6.26. The van der Waals surface area contributed by atoms with Gasteiger partial charge in [0.2, 0.25) is 0 Å². The fourth-order valence-corrected chi connectivity index (χ4v) is 2.50. The van der Waals surface area contributed by atoms with Gasteiger partial charge in [0.1, 0.15) is 11.4 Å². The van der Waals surface area contributed by atoms with Crippen molar-refractivity contribution in [3.05, 3.63) is 23.3 Å². The zero-order valence-corrected chi connectivity index (χ0v) is 14.0. The van der Waals surface area contributed by atoms with E-state index < -0.39 is 0 Å². The Labute approximate surface area is 129 Å². The molecule has 0 aliphatic heterocycles. The van der Waals surface area contributed by atoms with Crippen molar-refractivity contribution < 1.29 is 4.74 Å². The van der Waals surface area contributed by atoms with E-state index >= 15 is 0 Å². The van der Waals surface area contributed by atoms with Crippen LogP contribution in [0.5, 0.6) is 5.75 Å². The van der Waals surface area contributed by atoms with Crippen molar-refractivity contribution in [1.29, 1.82) is 0 Å². The van der Waals surface area contributed by atoms with Gasteiger partial charge in [0.15, 0.2) is 0 Å². The van der Waals surface area contributed by atoms with Crippen LogP contribution in [0.15, 0.2) is 17.1 Å². The maximum Gasteiger partial charge on any atom is 0.145 e. The zero-order valence-electron chi connectivity index (χ0n) is 14.0. The minimum Gasteiger partial charge on any atom is -0.488 e. The van der Waals surface area contributed by atoms with Crippen molar-refractivity contribution in [3.8, 4) is 5.75 Å². The van der Waals surface area contributed by atoms with Gasteiger partial charge in [-0.2, -0.15) is 0 Å². The molecule has 0 bridgehead atoms. The summed E-state index contributed by atoms with van der Waals surface area (Å²) in [5.74, 6) is 1.56. The van der Waals surface area contributed by atoms with Crippen LogP contribution < -0.4 is 4.74 Å². The standard InChI is InChI=1S/C19H29NO/c1-5-7-11-20-19-15(4)12-16(14(3)6-2)13-18(19)21-17-9-8-10-17/h11-14,17H,5-10H2,1-4H3. The van der Waals surface area contributed by atoms with Gasteiger partial charge in [0.05, 0.1) is 6.10 Å². The average molecular weight is 287 g/mol. The summed E-state index contributed by atoms with van der Waals surface area (Å²) < 4.78 is 6.21. The third kappa shape index (κ3) is 4.09. The molecule has 1 fully saturated rings. The lowest BCUT2D eigenvalue weighted by Gasteiger charge is -2.28. The molecule has 1 aromatic rings. The monoisotopic (exact) mass is 287 g/mol. The molecule has 0 spiro atoms. The number of ether oxygens (including phenoxy) is 1. The van der Waals surface area contributed by atoms with E-state index in [1.54, 1.807) is 0 Å². The molecule has 0 heterocycles. The maximum atomic E-state index is 6.21. The van der Waals surface area contributed by atoms with Crippen LogP contribution in [-0.4, -0.2) is 12.3 Å². The molecule has 2 heteroatoms. The van der Waals surface area contributed by atoms with Crippen LogP contribution in [0.1, 0.15) is 76.3 Å². The molecular weight excluding hydrogens is 258 g/mol. The molecule has 1 aliphatic carbocycles. The highest BCUT2D eigenvalue weighted by molar-refractivity contribution is 5.69. The fourth-order valence-electron chi connectivity index (χ4n) is 2.50. The second kappa shape index (κ2) is 7.63. The SMILES string of the molecule is CCCC=Nc1c(C)cc(C(C)CC)cc1OC1CCC1. The molecule has 0 aromatic heterocycles. The third-order valence-electron chi connectivity index (χ3n) is 4.45. The minimum absolute atomic E-state index is 0.400. The first-order valence-electron chi connectivity index (χ1n) is 8.49. The molecule has 1 unspecified atom stereocenters. The van der Waals surface area contributed by atoms with E-state index in [2.05, 4.69) is 44.8 Å². The van der Waals surface area contributed by atoms with Crippen LogP contribution in [0, 0.1) is 6.92 Å². The number of hydrogen-bond acceptors (Lipinski definition) is 2. The van der Waals surface area contributed by atoms with E-state index in [0.29, 0.717) is 12.0 Å². The molecular formula is C19H29NO. The Hall–Kier alpha value is -1.31. The lowest BCUT2D eigenvalue weighted by molar-refractivity contribution is 0.121. The Bertz CT molecular complexity index is 489. The molecule has 0 N–H and O–H groups in total. The van der Waals surface area contributed by atoms with E-state index in [4.69, 9.17) is 4.74 Å². The number of nitrogens with zero attached hydrogens (tertiary/aromatic N) is 1. The molecule has 21 heavy (non-hydrogen) atoms. The van der Waals surface area contributed by atoms with E-state index in [-0.39, 0.29) is 0 Å². The number of hydrogen-bond donors (Lipinski definition) is 0. The summed E-state index contributed by atoms with van der Waals surface area (Å²) in [6.07, 6.45) is 9.40. The molecule has 1 saturated carbocycles. The normalized spacial score (nSPS) is 17.0. The summed E-state index contributed by atoms with van der Waals surface area (Å²) in [5, 5.41) is 0. The molecule has 116 valence electrons. The first-order valence-corrected chi connectivity index (χ1v) is 8.49. The van der Waals surface area contributed by atoms with Crippen LogP contribution in [0.2, 0.25) is 0 Å². The van der Waals surface area contributed by atoms with Crippen LogP contribution in [-0.2, 0) is 0 Å². The van der Waals surface area contributed by atoms with Crippen molar-refractivity contribution in [2.45, 2.75) is 78.2 Å². The minimum atomic E-state index is 0.400. The van der Waals surface area contributed by atoms with E-state index in [0.717, 1.165) is 30.7 Å². The molecule has 2 nitrogen and oxygen atoms in total. The van der Waals surface area contributed by atoms with Crippen molar-refractivity contribution >= 4 is 11.9 Å². The Morgan fingerprint density at radius 3 is 2.67 bits per heavy atom. The van der Waals surface area contributed by atoms with Crippen LogP contribution in [0.3, 0.4) is 0 Å². The highest BCUT2D eigenvalue weighted by Crippen LogP contribution is 2.38. The first-order chi connectivity index (χ1) is 10.2. The summed E-state index contributed by atoms with van der Waals surface area (Å²) in [5.41, 5.74) is 3.63. The molecule has 1 aliphatic rings. The molecule has 2 rings (SSSR count). The van der Waals surface area contributed by atoms with Gasteiger partial charge in [0, 0.05) is 6.21 Å². The highest BCUT2D eigenvalue weighted by atomic mass is 16.5. The highest BCUT2D eigenvalue weighted by Gasteiger charge is 2.21. The van der Waals surface area contributed by atoms with Crippen LogP contribution in [0.25, 0.3) is 0 Å². The van der Waals surface area contributed by atoms with Gasteiger partial charge in [-0.05, 0) is 62.1 Å². The Morgan fingerprint density at radius 2 is 2.10 bits per heavy atom. The van der Waals surface area contributed by atoms with E-state index in [9.17, 15) is 0 Å². The maximum absolute atomic E-state index is 6.21. The summed E-state index contributed by atoms with van der Waals surface area (Å²) >= 11 is 0. The number of aliphatic imine (C=N–C) groups is 1. The lowest BCUT2D eigenvalue weighted by atomic mass is 9.94. The van der Waals surface area contributed by atoms with Gasteiger partial charge in [-0.15, -0.1) is 0 Å². The predicted molar refractivity (Wildman–Crippen MR) is 91.2 cm³/mol. The smallest absolute Gasteiger partial charge is 0.145 e. The Balaban J connectivity index is 2.30. The largest absolute Gasteiger partial charge is 0.488 e. The van der Waals surface area contributed by atoms with Crippen molar-refractivity contribution in [2.24, 2.45) is 4.99 Å². The molecule has 0 saturated heterocycles. The molecule has 0 amide bonds. The summed E-state index contributed by atoms with van der Waals surface area (Å²) in [7, 11) is 0. The topological polar surface area (TPSA) is 21.6 Å². The number of rotatable bonds is 7. The molecule has 0 radical (unpaired) electrons. The number of aryl methyl sites for hydroxylation is 1. The van der Waals surface area contributed by atoms with Gasteiger partial charge in [-0.25, -0.2) is 0 Å². The molecule has 1 atom stereocenters. The van der Waals surface area contributed by atoms with Gasteiger partial charge < -0.3 is 4.74 Å². The second-order valence-electron chi connectivity index (χ2n) is 6.26. The van der Waals surface area contributed by atoms with E-state index in [1.807, 2.05) is 6.21 Å². The van der Waals surface area contributed by atoms with E-state index in [1.165, 1.54) is 30.4 Å². The van der Waals surface area contributed by atoms with Crippen molar-refractivity contribution in [3.63, 3.8) is 0 Å². The predicted octanol–water partition coefficient (Wildman–Crippen LogP) is 5.94. The third-order valence-corrected chi connectivity index (χ3v) is 4.45. The van der Waals surface area contributed by atoms with Crippen molar-refractivity contribution in [2.75, 3.05) is 0 Å². The Kier molecular flexibility index (Phi) is 5.84.